The average molecular weight is 263 g/mol. The average Bonchev–Trinajstić information content (AvgIpc) is 2.38. The molecule has 1 aromatic heterocycles. The quantitative estimate of drug-likeness (QED) is 0.906. The summed E-state index contributed by atoms with van der Waals surface area (Å²) < 4.78 is 0. The predicted octanol–water partition coefficient (Wildman–Crippen LogP) is 2.29. The molecule has 5 nitrogen and oxygen atoms in total. The zero-order valence-electron chi connectivity index (χ0n) is 11.7. The summed E-state index contributed by atoms with van der Waals surface area (Å²) in [5, 5.41) is 9.09. The highest BCUT2D eigenvalue weighted by atomic mass is 16.4. The SMILES string of the molecule is CC(C)c1cc(N2CCC(C(=O)O)CC2C)ncn1. The summed E-state index contributed by atoms with van der Waals surface area (Å²) in [5.74, 6) is 0.373. The van der Waals surface area contributed by atoms with Crippen molar-refractivity contribution in [3.05, 3.63) is 18.1 Å². The van der Waals surface area contributed by atoms with E-state index >= 15 is 0 Å². The molecule has 2 atom stereocenters. The van der Waals surface area contributed by atoms with Crippen molar-refractivity contribution in [2.45, 2.75) is 45.6 Å². The van der Waals surface area contributed by atoms with Gasteiger partial charge in [0.1, 0.15) is 12.1 Å². The number of carbonyl (C=O) groups is 1. The first-order chi connectivity index (χ1) is 8.99. The minimum Gasteiger partial charge on any atom is -0.481 e. The highest BCUT2D eigenvalue weighted by Crippen LogP contribution is 2.27. The van der Waals surface area contributed by atoms with E-state index in [4.69, 9.17) is 5.11 Å². The molecule has 1 aliphatic heterocycles. The Morgan fingerprint density at radius 3 is 2.79 bits per heavy atom. The van der Waals surface area contributed by atoms with E-state index in [1.165, 1.54) is 0 Å². The third kappa shape index (κ3) is 3.03. The number of piperidine rings is 1. The first-order valence-electron chi connectivity index (χ1n) is 6.80. The lowest BCUT2D eigenvalue weighted by Gasteiger charge is -2.37. The van der Waals surface area contributed by atoms with Gasteiger partial charge in [-0.05, 0) is 25.7 Å². The van der Waals surface area contributed by atoms with Gasteiger partial charge in [-0.15, -0.1) is 0 Å². The van der Waals surface area contributed by atoms with Gasteiger partial charge in [0.15, 0.2) is 0 Å². The van der Waals surface area contributed by atoms with E-state index in [0.29, 0.717) is 18.8 Å². The Balaban J connectivity index is 2.14. The van der Waals surface area contributed by atoms with E-state index in [1.54, 1.807) is 6.33 Å². The van der Waals surface area contributed by atoms with E-state index in [9.17, 15) is 4.79 Å². The first kappa shape index (κ1) is 13.8. The summed E-state index contributed by atoms with van der Waals surface area (Å²) in [5.41, 5.74) is 1.03. The standard InChI is InChI=1S/C14H21N3O2/c1-9(2)12-7-13(16-8-15-12)17-5-4-11(14(18)19)6-10(17)3/h7-11H,4-6H2,1-3H3,(H,18,19). The molecule has 0 aromatic carbocycles. The minimum absolute atomic E-state index is 0.199. The molecule has 0 bridgehead atoms. The number of carboxylic acid groups (broad SMARTS) is 1. The van der Waals surface area contributed by atoms with Crippen LogP contribution in [-0.4, -0.2) is 33.6 Å². The number of rotatable bonds is 3. The molecule has 0 aliphatic carbocycles. The number of hydrogen-bond donors (Lipinski definition) is 1. The van der Waals surface area contributed by atoms with Crippen molar-refractivity contribution in [3.8, 4) is 0 Å². The van der Waals surface area contributed by atoms with E-state index in [-0.39, 0.29) is 12.0 Å². The monoisotopic (exact) mass is 263 g/mol. The van der Waals surface area contributed by atoms with E-state index < -0.39 is 5.97 Å². The Morgan fingerprint density at radius 2 is 2.21 bits per heavy atom. The molecular weight excluding hydrogens is 242 g/mol. The number of carboxylic acids is 1. The van der Waals surface area contributed by atoms with Gasteiger partial charge < -0.3 is 10.0 Å². The van der Waals surface area contributed by atoms with Gasteiger partial charge in [-0.25, -0.2) is 9.97 Å². The molecule has 0 amide bonds. The number of aromatic nitrogens is 2. The lowest BCUT2D eigenvalue weighted by atomic mass is 9.91. The summed E-state index contributed by atoms with van der Waals surface area (Å²) in [7, 11) is 0. The maximum absolute atomic E-state index is 11.0. The minimum atomic E-state index is -0.683. The fourth-order valence-electron chi connectivity index (χ4n) is 2.57. The molecule has 0 spiro atoms. The van der Waals surface area contributed by atoms with Crippen LogP contribution >= 0.6 is 0 Å². The Hall–Kier alpha value is -1.65. The maximum Gasteiger partial charge on any atom is 0.306 e. The number of hydrogen-bond acceptors (Lipinski definition) is 4. The van der Waals surface area contributed by atoms with Crippen LogP contribution in [0.4, 0.5) is 5.82 Å². The molecule has 2 rings (SSSR count). The zero-order chi connectivity index (χ0) is 14.0. The van der Waals surface area contributed by atoms with Gasteiger partial charge in [0.25, 0.3) is 0 Å². The second kappa shape index (κ2) is 5.55. The normalized spacial score (nSPS) is 23.7. The van der Waals surface area contributed by atoms with Gasteiger partial charge in [-0.1, -0.05) is 13.8 Å². The summed E-state index contributed by atoms with van der Waals surface area (Å²) in [4.78, 5) is 21.8. The van der Waals surface area contributed by atoms with Crippen LogP contribution < -0.4 is 4.90 Å². The summed E-state index contributed by atoms with van der Waals surface area (Å²) >= 11 is 0. The third-order valence-corrected chi connectivity index (χ3v) is 3.78. The molecule has 0 saturated carbocycles. The summed E-state index contributed by atoms with van der Waals surface area (Å²) in [6.45, 7) is 7.01. The fourth-order valence-corrected chi connectivity index (χ4v) is 2.57. The molecule has 1 saturated heterocycles. The third-order valence-electron chi connectivity index (χ3n) is 3.78. The van der Waals surface area contributed by atoms with Crippen LogP contribution in [0.1, 0.15) is 45.2 Å². The van der Waals surface area contributed by atoms with Crippen LogP contribution in [-0.2, 0) is 4.79 Å². The van der Waals surface area contributed by atoms with Crippen molar-refractivity contribution in [3.63, 3.8) is 0 Å². The van der Waals surface area contributed by atoms with Crippen molar-refractivity contribution in [1.82, 2.24) is 9.97 Å². The molecule has 1 aliphatic rings. The number of aliphatic carboxylic acids is 1. The van der Waals surface area contributed by atoms with Crippen LogP contribution in [0.15, 0.2) is 12.4 Å². The lowest BCUT2D eigenvalue weighted by molar-refractivity contribution is -0.142. The number of nitrogens with zero attached hydrogens (tertiary/aromatic N) is 3. The van der Waals surface area contributed by atoms with Gasteiger partial charge in [0, 0.05) is 24.3 Å². The molecule has 2 unspecified atom stereocenters. The van der Waals surface area contributed by atoms with E-state index in [1.807, 2.05) is 6.07 Å². The topological polar surface area (TPSA) is 66.3 Å². The molecule has 1 fully saturated rings. The molecular formula is C14H21N3O2. The second-order valence-corrected chi connectivity index (χ2v) is 5.56. The first-order valence-corrected chi connectivity index (χ1v) is 6.80. The Labute approximate surface area is 113 Å². The van der Waals surface area contributed by atoms with E-state index in [2.05, 4.69) is 35.6 Å². The van der Waals surface area contributed by atoms with Crippen molar-refractivity contribution in [1.29, 1.82) is 0 Å². The van der Waals surface area contributed by atoms with Crippen LogP contribution in [0.3, 0.4) is 0 Å². The second-order valence-electron chi connectivity index (χ2n) is 5.56. The maximum atomic E-state index is 11.0. The Kier molecular flexibility index (Phi) is 4.02. The molecule has 5 heteroatoms. The predicted molar refractivity (Wildman–Crippen MR) is 73.3 cm³/mol. The van der Waals surface area contributed by atoms with Gasteiger partial charge in [0.05, 0.1) is 5.92 Å². The fraction of sp³-hybridized carbons (Fsp3) is 0.643. The largest absolute Gasteiger partial charge is 0.481 e. The van der Waals surface area contributed by atoms with Gasteiger partial charge in [0.2, 0.25) is 0 Å². The molecule has 2 heterocycles. The summed E-state index contributed by atoms with van der Waals surface area (Å²) in [6, 6.07) is 2.21. The van der Waals surface area contributed by atoms with Crippen molar-refractivity contribution in [2.24, 2.45) is 5.92 Å². The highest BCUT2D eigenvalue weighted by Gasteiger charge is 2.30. The van der Waals surface area contributed by atoms with Crippen LogP contribution in [0.2, 0.25) is 0 Å². The summed E-state index contributed by atoms with van der Waals surface area (Å²) in [6.07, 6.45) is 2.96. The molecule has 0 radical (unpaired) electrons. The van der Waals surface area contributed by atoms with Crippen molar-refractivity contribution >= 4 is 11.8 Å². The zero-order valence-corrected chi connectivity index (χ0v) is 11.7. The Bertz CT molecular complexity index is 462. The molecule has 104 valence electrons. The van der Waals surface area contributed by atoms with Gasteiger partial charge in [-0.3, -0.25) is 4.79 Å². The van der Waals surface area contributed by atoms with Crippen molar-refractivity contribution in [2.75, 3.05) is 11.4 Å². The van der Waals surface area contributed by atoms with Crippen LogP contribution in [0.5, 0.6) is 0 Å². The lowest BCUT2D eigenvalue weighted by Crippen LogP contribution is -2.43. The van der Waals surface area contributed by atoms with Crippen LogP contribution in [0, 0.1) is 5.92 Å². The van der Waals surface area contributed by atoms with Gasteiger partial charge in [-0.2, -0.15) is 0 Å². The highest BCUT2D eigenvalue weighted by molar-refractivity contribution is 5.70. The Morgan fingerprint density at radius 1 is 1.47 bits per heavy atom. The van der Waals surface area contributed by atoms with Crippen LogP contribution in [0.25, 0.3) is 0 Å². The molecule has 19 heavy (non-hydrogen) atoms. The smallest absolute Gasteiger partial charge is 0.306 e. The molecule has 1 N–H and O–H groups in total. The van der Waals surface area contributed by atoms with Crippen molar-refractivity contribution < 1.29 is 9.90 Å². The van der Waals surface area contributed by atoms with E-state index in [0.717, 1.165) is 18.1 Å². The number of anilines is 1. The molecule has 1 aromatic rings. The van der Waals surface area contributed by atoms with Gasteiger partial charge >= 0.3 is 5.97 Å².